The summed E-state index contributed by atoms with van der Waals surface area (Å²) in [6.07, 6.45) is 1.91. The van der Waals surface area contributed by atoms with Gasteiger partial charge in [0.15, 0.2) is 0 Å². The smallest absolute Gasteiger partial charge is 0.0858 e. The number of nitrogens with two attached hydrogens (primary N) is 1. The van der Waals surface area contributed by atoms with E-state index in [9.17, 15) is 0 Å². The lowest BCUT2D eigenvalue weighted by Gasteiger charge is -2.09. The van der Waals surface area contributed by atoms with Crippen molar-refractivity contribution in [3.63, 3.8) is 0 Å². The first kappa shape index (κ1) is 14.9. The van der Waals surface area contributed by atoms with Crippen LogP contribution in [0.2, 0.25) is 5.02 Å². The minimum atomic E-state index is 0.280. The van der Waals surface area contributed by atoms with Crippen LogP contribution in [0.3, 0.4) is 0 Å². The number of hydrogen-bond donors (Lipinski definition) is 1. The van der Waals surface area contributed by atoms with Crippen LogP contribution in [0, 0.1) is 0 Å². The van der Waals surface area contributed by atoms with E-state index >= 15 is 0 Å². The second-order valence-corrected chi connectivity index (χ2v) is 5.47. The molecule has 1 heterocycles. The molecule has 5 heteroatoms. The van der Waals surface area contributed by atoms with Gasteiger partial charge in [-0.2, -0.15) is 16.9 Å². The average Bonchev–Trinajstić information content (AvgIpc) is 2.65. The Balaban J connectivity index is 2.66. The summed E-state index contributed by atoms with van der Waals surface area (Å²) in [6, 6.07) is 0.280. The Morgan fingerprint density at radius 3 is 2.65 bits per heavy atom. The maximum Gasteiger partial charge on any atom is 0.0858 e. The van der Waals surface area contributed by atoms with Crippen molar-refractivity contribution < 1.29 is 0 Å². The molecule has 1 aromatic rings. The van der Waals surface area contributed by atoms with Gasteiger partial charge in [0.25, 0.3) is 0 Å². The van der Waals surface area contributed by atoms with Gasteiger partial charge >= 0.3 is 0 Å². The van der Waals surface area contributed by atoms with Gasteiger partial charge < -0.3 is 5.73 Å². The van der Waals surface area contributed by atoms with E-state index in [4.69, 9.17) is 17.3 Å². The fourth-order valence-electron chi connectivity index (χ4n) is 1.58. The lowest BCUT2D eigenvalue weighted by atomic mass is 10.3. The molecular formula is C12H22ClN3S. The first-order chi connectivity index (χ1) is 8.13. The van der Waals surface area contributed by atoms with E-state index in [1.54, 1.807) is 0 Å². The second-order valence-electron chi connectivity index (χ2n) is 4.06. The zero-order valence-electron chi connectivity index (χ0n) is 10.9. The molecule has 0 spiro atoms. The highest BCUT2D eigenvalue weighted by molar-refractivity contribution is 7.98. The Morgan fingerprint density at radius 1 is 1.41 bits per heavy atom. The van der Waals surface area contributed by atoms with Gasteiger partial charge in [0, 0.05) is 24.1 Å². The van der Waals surface area contributed by atoms with Gasteiger partial charge in [-0.25, -0.2) is 0 Å². The van der Waals surface area contributed by atoms with Crippen LogP contribution in [-0.4, -0.2) is 21.6 Å². The molecule has 0 aromatic carbocycles. The number of nitrogens with zero attached hydrogens (tertiary/aromatic N) is 2. The molecular weight excluding hydrogens is 254 g/mol. The van der Waals surface area contributed by atoms with E-state index in [0.717, 1.165) is 47.3 Å². The molecule has 0 saturated heterocycles. The van der Waals surface area contributed by atoms with Gasteiger partial charge in [0.1, 0.15) is 0 Å². The van der Waals surface area contributed by atoms with Gasteiger partial charge in [0.2, 0.25) is 0 Å². The summed E-state index contributed by atoms with van der Waals surface area (Å²) in [5.74, 6) is 1.87. The van der Waals surface area contributed by atoms with Crippen LogP contribution in [0.5, 0.6) is 0 Å². The summed E-state index contributed by atoms with van der Waals surface area (Å²) >= 11 is 8.17. The summed E-state index contributed by atoms with van der Waals surface area (Å²) in [7, 11) is 0. The maximum atomic E-state index is 6.33. The predicted octanol–water partition coefficient (Wildman–Crippen LogP) is 3.09. The van der Waals surface area contributed by atoms with E-state index < -0.39 is 0 Å². The molecule has 0 bridgehead atoms. The van der Waals surface area contributed by atoms with Crippen LogP contribution in [0.4, 0.5) is 0 Å². The molecule has 0 saturated carbocycles. The number of rotatable bonds is 7. The van der Waals surface area contributed by atoms with Crippen molar-refractivity contribution in [2.24, 2.45) is 5.73 Å². The Morgan fingerprint density at radius 2 is 2.12 bits per heavy atom. The summed E-state index contributed by atoms with van der Waals surface area (Å²) in [4.78, 5) is 0. The standard InChI is InChI=1S/C12H22ClN3S/c1-4-9(14)7-17-8-11-12(13)10(5-2)15-16(11)6-3/h9H,4-8,14H2,1-3H3. The van der Waals surface area contributed by atoms with Crippen LogP contribution in [0.1, 0.15) is 38.6 Å². The first-order valence-electron chi connectivity index (χ1n) is 6.21. The van der Waals surface area contributed by atoms with Gasteiger partial charge in [-0.1, -0.05) is 25.4 Å². The van der Waals surface area contributed by atoms with Crippen molar-refractivity contribution in [3.8, 4) is 0 Å². The number of hydrogen-bond acceptors (Lipinski definition) is 3. The molecule has 1 rings (SSSR count). The van der Waals surface area contributed by atoms with E-state index in [0.29, 0.717) is 0 Å². The summed E-state index contributed by atoms with van der Waals surface area (Å²) in [6.45, 7) is 7.16. The molecule has 0 aliphatic carbocycles. The summed E-state index contributed by atoms with van der Waals surface area (Å²) < 4.78 is 2.01. The molecule has 17 heavy (non-hydrogen) atoms. The largest absolute Gasteiger partial charge is 0.327 e. The molecule has 0 radical (unpaired) electrons. The third-order valence-electron chi connectivity index (χ3n) is 2.79. The van der Waals surface area contributed by atoms with Crippen molar-refractivity contribution in [2.45, 2.75) is 52.0 Å². The third-order valence-corrected chi connectivity index (χ3v) is 4.37. The fourth-order valence-corrected chi connectivity index (χ4v) is 3.14. The molecule has 1 atom stereocenters. The monoisotopic (exact) mass is 275 g/mol. The quantitative estimate of drug-likeness (QED) is 0.832. The van der Waals surface area contributed by atoms with Crippen molar-refractivity contribution in [3.05, 3.63) is 16.4 Å². The summed E-state index contributed by atoms with van der Waals surface area (Å²) in [5.41, 5.74) is 8.04. The van der Waals surface area contributed by atoms with E-state index in [2.05, 4.69) is 25.9 Å². The highest BCUT2D eigenvalue weighted by Gasteiger charge is 2.14. The number of halogens is 1. The van der Waals surface area contributed by atoms with Gasteiger partial charge in [-0.3, -0.25) is 4.68 Å². The van der Waals surface area contributed by atoms with Gasteiger partial charge in [-0.15, -0.1) is 0 Å². The number of thioether (sulfide) groups is 1. The van der Waals surface area contributed by atoms with Crippen LogP contribution in [-0.2, 0) is 18.7 Å². The second kappa shape index (κ2) is 7.29. The molecule has 0 aliphatic rings. The molecule has 2 N–H and O–H groups in total. The van der Waals surface area contributed by atoms with Gasteiger partial charge in [-0.05, 0) is 19.8 Å². The molecule has 3 nitrogen and oxygen atoms in total. The van der Waals surface area contributed by atoms with E-state index in [1.165, 1.54) is 0 Å². The van der Waals surface area contributed by atoms with Crippen molar-refractivity contribution >= 4 is 23.4 Å². The Labute approximate surface area is 113 Å². The maximum absolute atomic E-state index is 6.33. The first-order valence-corrected chi connectivity index (χ1v) is 7.74. The topological polar surface area (TPSA) is 43.8 Å². The van der Waals surface area contributed by atoms with Crippen LogP contribution in [0.25, 0.3) is 0 Å². The Kier molecular flexibility index (Phi) is 6.38. The minimum Gasteiger partial charge on any atom is -0.327 e. The Hall–Kier alpha value is -0.190. The predicted molar refractivity (Wildman–Crippen MR) is 76.7 cm³/mol. The van der Waals surface area contributed by atoms with Crippen molar-refractivity contribution in [1.29, 1.82) is 0 Å². The van der Waals surface area contributed by atoms with Crippen molar-refractivity contribution in [1.82, 2.24) is 9.78 Å². The Bertz CT molecular complexity index is 352. The average molecular weight is 276 g/mol. The zero-order chi connectivity index (χ0) is 12.8. The number of aryl methyl sites for hydroxylation is 2. The SMILES string of the molecule is CCc1nn(CC)c(CSCC(N)CC)c1Cl. The van der Waals surface area contributed by atoms with Crippen molar-refractivity contribution in [2.75, 3.05) is 5.75 Å². The van der Waals surface area contributed by atoms with E-state index in [1.807, 2.05) is 16.4 Å². The molecule has 0 aliphatic heterocycles. The van der Waals surface area contributed by atoms with E-state index in [-0.39, 0.29) is 6.04 Å². The number of aromatic nitrogens is 2. The third kappa shape index (κ3) is 3.90. The van der Waals surface area contributed by atoms with Crippen LogP contribution in [0.15, 0.2) is 0 Å². The fraction of sp³-hybridized carbons (Fsp3) is 0.750. The zero-order valence-corrected chi connectivity index (χ0v) is 12.4. The molecule has 1 aromatic heterocycles. The minimum absolute atomic E-state index is 0.280. The van der Waals surface area contributed by atoms with Crippen LogP contribution < -0.4 is 5.73 Å². The lowest BCUT2D eigenvalue weighted by Crippen LogP contribution is -2.21. The van der Waals surface area contributed by atoms with Crippen LogP contribution >= 0.6 is 23.4 Å². The van der Waals surface area contributed by atoms with Gasteiger partial charge in [0.05, 0.1) is 16.4 Å². The molecule has 0 fully saturated rings. The summed E-state index contributed by atoms with van der Waals surface area (Å²) in [5, 5.41) is 5.34. The molecule has 0 amide bonds. The molecule has 98 valence electrons. The highest BCUT2D eigenvalue weighted by Crippen LogP contribution is 2.25. The normalized spacial score (nSPS) is 13.0. The lowest BCUT2D eigenvalue weighted by molar-refractivity contribution is 0.627. The molecule has 1 unspecified atom stereocenters. The highest BCUT2D eigenvalue weighted by atomic mass is 35.5.